The molecule has 0 bridgehead atoms. The molecule has 1 aliphatic rings. The molecule has 0 atom stereocenters. The van der Waals surface area contributed by atoms with Gasteiger partial charge < -0.3 is 15.4 Å². The minimum atomic E-state index is 0.0986. The molecule has 0 aromatic heterocycles. The first kappa shape index (κ1) is 12.9. The molecule has 0 heterocycles. The molecule has 2 N–H and O–H groups in total. The van der Waals surface area contributed by atoms with Crippen molar-refractivity contribution in [3.8, 4) is 5.75 Å². The number of carbonyl (C=O) groups excluding carboxylic acids is 1. The number of ether oxygens (including phenoxy) is 1. The maximum absolute atomic E-state index is 11.3. The Labute approximate surface area is 108 Å². The van der Waals surface area contributed by atoms with E-state index >= 15 is 0 Å². The molecule has 0 aliphatic heterocycles. The van der Waals surface area contributed by atoms with E-state index in [1.54, 1.807) is 0 Å². The highest BCUT2D eigenvalue weighted by molar-refractivity contribution is 5.78. The monoisotopic (exact) mass is 248 g/mol. The first-order valence-electron chi connectivity index (χ1n) is 6.52. The molecule has 0 unspecified atom stereocenters. The normalized spacial score (nSPS) is 14.2. The molecular formula is C14H20N2O2. The average Bonchev–Trinajstić information content (AvgIpc) is 3.19. The summed E-state index contributed by atoms with van der Waals surface area (Å²) < 4.78 is 5.55. The maximum Gasteiger partial charge on any atom is 0.234 e. The molecule has 1 saturated carbocycles. The summed E-state index contributed by atoms with van der Waals surface area (Å²) in [7, 11) is 0. The number of carbonyl (C=O) groups is 1. The lowest BCUT2D eigenvalue weighted by Gasteiger charge is -2.07. The predicted molar refractivity (Wildman–Crippen MR) is 70.6 cm³/mol. The summed E-state index contributed by atoms with van der Waals surface area (Å²) >= 11 is 0. The average molecular weight is 248 g/mol. The summed E-state index contributed by atoms with van der Waals surface area (Å²) in [6.45, 7) is 1.87. The molecule has 18 heavy (non-hydrogen) atoms. The number of nitrogens with one attached hydrogen (secondary N) is 2. The van der Waals surface area contributed by atoms with E-state index < -0.39 is 0 Å². The van der Waals surface area contributed by atoms with Crippen LogP contribution in [-0.2, 0) is 4.79 Å². The first-order valence-corrected chi connectivity index (χ1v) is 6.52. The fraction of sp³-hybridized carbons (Fsp3) is 0.500. The van der Waals surface area contributed by atoms with Gasteiger partial charge in [-0.05, 0) is 37.9 Å². The van der Waals surface area contributed by atoms with Crippen molar-refractivity contribution in [2.24, 2.45) is 0 Å². The molecular weight excluding hydrogens is 228 g/mol. The zero-order valence-corrected chi connectivity index (χ0v) is 10.5. The molecule has 0 saturated heterocycles. The van der Waals surface area contributed by atoms with Gasteiger partial charge in [-0.15, -0.1) is 0 Å². The second kappa shape index (κ2) is 7.01. The van der Waals surface area contributed by atoms with Gasteiger partial charge in [0.15, 0.2) is 0 Å². The molecule has 1 fully saturated rings. The molecule has 1 aromatic rings. The van der Waals surface area contributed by atoms with Gasteiger partial charge >= 0.3 is 0 Å². The molecule has 2 rings (SSSR count). The topological polar surface area (TPSA) is 50.4 Å². The lowest BCUT2D eigenvalue weighted by atomic mass is 10.3. The molecule has 4 nitrogen and oxygen atoms in total. The summed E-state index contributed by atoms with van der Waals surface area (Å²) in [6.07, 6.45) is 3.17. The molecule has 1 aromatic carbocycles. The van der Waals surface area contributed by atoms with Crippen molar-refractivity contribution >= 4 is 5.91 Å². The number of hydrogen-bond donors (Lipinski definition) is 2. The van der Waals surface area contributed by atoms with Crippen molar-refractivity contribution in [2.45, 2.75) is 25.3 Å². The third kappa shape index (κ3) is 5.19. The van der Waals surface area contributed by atoms with Gasteiger partial charge in [0.1, 0.15) is 5.75 Å². The number of hydrogen-bond acceptors (Lipinski definition) is 3. The third-order valence-corrected chi connectivity index (χ3v) is 2.74. The fourth-order valence-corrected chi connectivity index (χ4v) is 1.61. The highest BCUT2D eigenvalue weighted by Gasteiger charge is 2.22. The van der Waals surface area contributed by atoms with Gasteiger partial charge in [-0.25, -0.2) is 0 Å². The van der Waals surface area contributed by atoms with Crippen molar-refractivity contribution in [3.05, 3.63) is 30.3 Å². The highest BCUT2D eigenvalue weighted by Crippen LogP contribution is 2.18. The van der Waals surface area contributed by atoms with Crippen molar-refractivity contribution in [1.82, 2.24) is 10.6 Å². The zero-order chi connectivity index (χ0) is 12.6. The van der Waals surface area contributed by atoms with Crippen LogP contribution in [0.25, 0.3) is 0 Å². The molecule has 1 aliphatic carbocycles. The Hall–Kier alpha value is -1.55. The number of rotatable bonds is 8. The smallest absolute Gasteiger partial charge is 0.234 e. The Morgan fingerprint density at radius 3 is 2.78 bits per heavy atom. The van der Waals surface area contributed by atoms with Crippen LogP contribution in [0.2, 0.25) is 0 Å². The van der Waals surface area contributed by atoms with Crippen molar-refractivity contribution in [2.75, 3.05) is 19.7 Å². The Bertz CT molecular complexity index is 363. The summed E-state index contributed by atoms with van der Waals surface area (Å²) in [5.41, 5.74) is 0. The number of para-hydroxylation sites is 1. The van der Waals surface area contributed by atoms with Crippen molar-refractivity contribution < 1.29 is 9.53 Å². The Balaban J connectivity index is 1.45. The quantitative estimate of drug-likeness (QED) is 0.682. The van der Waals surface area contributed by atoms with E-state index in [0.717, 1.165) is 31.6 Å². The van der Waals surface area contributed by atoms with E-state index in [0.29, 0.717) is 19.2 Å². The van der Waals surface area contributed by atoms with E-state index in [4.69, 9.17) is 4.74 Å². The van der Waals surface area contributed by atoms with Gasteiger partial charge in [0.25, 0.3) is 0 Å². The zero-order valence-electron chi connectivity index (χ0n) is 10.5. The minimum absolute atomic E-state index is 0.0986. The van der Waals surface area contributed by atoms with Crippen LogP contribution < -0.4 is 15.4 Å². The van der Waals surface area contributed by atoms with Gasteiger partial charge in [0.05, 0.1) is 13.2 Å². The van der Waals surface area contributed by atoms with Crippen LogP contribution in [0, 0.1) is 0 Å². The van der Waals surface area contributed by atoms with Crippen molar-refractivity contribution in [1.29, 1.82) is 0 Å². The maximum atomic E-state index is 11.3. The van der Waals surface area contributed by atoms with Gasteiger partial charge in [0, 0.05) is 6.04 Å². The predicted octanol–water partition coefficient (Wildman–Crippen LogP) is 1.32. The lowest BCUT2D eigenvalue weighted by molar-refractivity contribution is -0.120. The molecule has 0 spiro atoms. The van der Waals surface area contributed by atoms with E-state index in [-0.39, 0.29) is 5.91 Å². The summed E-state index contributed by atoms with van der Waals surface area (Å²) in [5.74, 6) is 0.991. The SMILES string of the molecule is O=C(CNCCCOc1ccccc1)NC1CC1. The van der Waals surface area contributed by atoms with Crippen LogP contribution in [-0.4, -0.2) is 31.6 Å². The third-order valence-electron chi connectivity index (χ3n) is 2.74. The van der Waals surface area contributed by atoms with Crippen molar-refractivity contribution in [3.63, 3.8) is 0 Å². The summed E-state index contributed by atoms with van der Waals surface area (Å²) in [6, 6.07) is 10.2. The lowest BCUT2D eigenvalue weighted by Crippen LogP contribution is -2.35. The molecule has 1 amide bonds. The highest BCUT2D eigenvalue weighted by atomic mass is 16.5. The largest absolute Gasteiger partial charge is 0.494 e. The van der Waals surface area contributed by atoms with Crippen LogP contribution in [0.3, 0.4) is 0 Å². The Morgan fingerprint density at radius 1 is 1.28 bits per heavy atom. The van der Waals surface area contributed by atoms with E-state index in [1.807, 2.05) is 30.3 Å². The second-order valence-corrected chi connectivity index (χ2v) is 4.53. The second-order valence-electron chi connectivity index (χ2n) is 4.53. The van der Waals surface area contributed by atoms with Gasteiger partial charge in [0.2, 0.25) is 5.91 Å². The first-order chi connectivity index (χ1) is 8.84. The van der Waals surface area contributed by atoms with Crippen LogP contribution in [0.15, 0.2) is 30.3 Å². The van der Waals surface area contributed by atoms with Crippen LogP contribution >= 0.6 is 0 Å². The summed E-state index contributed by atoms with van der Waals surface area (Å²) in [4.78, 5) is 11.3. The van der Waals surface area contributed by atoms with E-state index in [9.17, 15) is 4.79 Å². The Morgan fingerprint density at radius 2 is 2.06 bits per heavy atom. The fourth-order valence-electron chi connectivity index (χ4n) is 1.61. The van der Waals surface area contributed by atoms with Gasteiger partial charge in [-0.2, -0.15) is 0 Å². The standard InChI is InChI=1S/C14H20N2O2/c17-14(16-12-7-8-12)11-15-9-4-10-18-13-5-2-1-3-6-13/h1-3,5-6,12,15H,4,7-11H2,(H,16,17). The Kier molecular flexibility index (Phi) is 5.02. The number of amides is 1. The minimum Gasteiger partial charge on any atom is -0.494 e. The molecule has 0 radical (unpaired) electrons. The van der Waals surface area contributed by atoms with Crippen LogP contribution in [0.4, 0.5) is 0 Å². The molecule has 4 heteroatoms. The number of benzene rings is 1. The van der Waals surface area contributed by atoms with Gasteiger partial charge in [-0.1, -0.05) is 18.2 Å². The van der Waals surface area contributed by atoms with E-state index in [1.165, 1.54) is 0 Å². The summed E-state index contributed by atoms with van der Waals surface area (Å²) in [5, 5.41) is 6.05. The van der Waals surface area contributed by atoms with Crippen LogP contribution in [0.1, 0.15) is 19.3 Å². The van der Waals surface area contributed by atoms with Crippen LogP contribution in [0.5, 0.6) is 5.75 Å². The van der Waals surface area contributed by atoms with Gasteiger partial charge in [-0.3, -0.25) is 4.79 Å². The molecule has 98 valence electrons. The van der Waals surface area contributed by atoms with E-state index in [2.05, 4.69) is 10.6 Å².